The van der Waals surface area contributed by atoms with E-state index in [0.29, 0.717) is 0 Å². The van der Waals surface area contributed by atoms with E-state index in [1.807, 2.05) is 4.98 Å². The number of rotatable bonds is 23. The van der Waals surface area contributed by atoms with E-state index in [4.69, 9.17) is 30.4 Å². The lowest BCUT2D eigenvalue weighted by molar-refractivity contribution is -0.231. The summed E-state index contributed by atoms with van der Waals surface area (Å²) in [4.78, 5) is 95.6. The van der Waals surface area contributed by atoms with Crippen molar-refractivity contribution in [2.24, 2.45) is 28.3 Å². The van der Waals surface area contributed by atoms with Crippen LogP contribution in [0.15, 0.2) is 26.8 Å². The van der Waals surface area contributed by atoms with Crippen molar-refractivity contribution in [2.75, 3.05) is 33.3 Å². The molecule has 1 aromatic heterocycles. The number of hydrogen-bond donors (Lipinski definition) is 15. The number of nitrogens with one attached hydrogen (secondary N) is 7. The van der Waals surface area contributed by atoms with Crippen molar-refractivity contribution in [1.82, 2.24) is 41.5 Å². The second-order valence-corrected chi connectivity index (χ2v) is 16.7. The van der Waals surface area contributed by atoms with Crippen molar-refractivity contribution < 1.29 is 73.6 Å². The molecule has 28 nitrogen and oxygen atoms in total. The molecule has 66 heavy (non-hydrogen) atoms. The molecule has 3 aliphatic heterocycles. The van der Waals surface area contributed by atoms with E-state index in [0.717, 1.165) is 16.8 Å². The van der Waals surface area contributed by atoms with Crippen LogP contribution in [-0.4, -0.2) is 195 Å². The largest absolute Gasteiger partial charge is 0.480 e. The Morgan fingerprint density at radius 3 is 2.18 bits per heavy atom. The average molecular weight is 946 g/mol. The molecule has 15 atom stereocenters. The lowest BCUT2D eigenvalue weighted by Crippen LogP contribution is -2.66. The number of aromatic nitrogens is 2. The number of carboxylic acids is 2. The number of aliphatic hydroxyl groups is 4. The number of carbonyl (C=O) groups is 5. The molecule has 2 saturated heterocycles. The van der Waals surface area contributed by atoms with Crippen LogP contribution in [0.5, 0.6) is 0 Å². The third-order valence-corrected chi connectivity index (χ3v) is 11.3. The Kier molecular flexibility index (Phi) is 19.3. The topological polar surface area (TPSA) is 435 Å². The number of H-pyrrole nitrogens is 1. The smallest absolute Gasteiger partial charge is 0.330 e. The second-order valence-electron chi connectivity index (χ2n) is 16.7. The van der Waals surface area contributed by atoms with E-state index in [1.54, 1.807) is 27.7 Å². The van der Waals surface area contributed by atoms with E-state index in [9.17, 15) is 64.2 Å². The van der Waals surface area contributed by atoms with Gasteiger partial charge in [-0.25, -0.2) is 14.4 Å². The van der Waals surface area contributed by atoms with Gasteiger partial charge in [0.25, 0.3) is 5.56 Å². The predicted octanol–water partition coefficient (Wildman–Crippen LogP) is -6.90. The lowest BCUT2D eigenvalue weighted by atomic mass is 9.97. The van der Waals surface area contributed by atoms with Gasteiger partial charge >= 0.3 is 23.7 Å². The number of urea groups is 1. The molecule has 3 aliphatic rings. The monoisotopic (exact) mass is 945 g/mol. The van der Waals surface area contributed by atoms with Crippen LogP contribution in [0.2, 0.25) is 0 Å². The van der Waals surface area contributed by atoms with Gasteiger partial charge < -0.3 is 93.0 Å². The zero-order chi connectivity index (χ0) is 49.2. The molecular formula is C38H63N11O17. The SMILES string of the molecule is CO[C@H]1[C@H](OC([C@H]2O[C@@H](n3ccc(=O)[nH]c3=O)[C@H](O)[C@@H]2O)[C@@H](NCCCNC(=O)C(NC(=O)C(NC(=O)NC(C(=O)O)C(C)C)C2CCN=C(N)N2)C(O)C(C)C)C(=O)O)O[C@H](CN)[C@H]1O. The Labute approximate surface area is 377 Å². The summed E-state index contributed by atoms with van der Waals surface area (Å²) in [7, 11) is 1.22. The van der Waals surface area contributed by atoms with Crippen molar-refractivity contribution in [1.29, 1.82) is 0 Å². The van der Waals surface area contributed by atoms with Crippen molar-refractivity contribution in [3.8, 4) is 0 Å². The first-order valence-corrected chi connectivity index (χ1v) is 21.2. The number of methoxy groups -OCH3 is 1. The third-order valence-electron chi connectivity index (χ3n) is 11.3. The number of aromatic amines is 1. The van der Waals surface area contributed by atoms with Gasteiger partial charge in [0.2, 0.25) is 11.8 Å². The Morgan fingerprint density at radius 1 is 0.924 bits per heavy atom. The first kappa shape index (κ1) is 53.3. The second kappa shape index (κ2) is 23.9. The molecule has 2 fully saturated rings. The maximum absolute atomic E-state index is 13.9. The van der Waals surface area contributed by atoms with Gasteiger partial charge in [-0.2, -0.15) is 0 Å². The minimum Gasteiger partial charge on any atom is -0.480 e. The van der Waals surface area contributed by atoms with Crippen LogP contribution in [0.1, 0.15) is 46.8 Å². The van der Waals surface area contributed by atoms with Crippen LogP contribution < -0.4 is 54.6 Å². The summed E-state index contributed by atoms with van der Waals surface area (Å²) in [6.07, 6.45) is -14.3. The zero-order valence-corrected chi connectivity index (χ0v) is 36.9. The van der Waals surface area contributed by atoms with E-state index >= 15 is 0 Å². The summed E-state index contributed by atoms with van der Waals surface area (Å²) in [5.74, 6) is -5.85. The fraction of sp³-hybridized carbons (Fsp3) is 0.737. The summed E-state index contributed by atoms with van der Waals surface area (Å²) in [6.45, 7) is 5.89. The highest BCUT2D eigenvalue weighted by atomic mass is 16.7. The van der Waals surface area contributed by atoms with Crippen LogP contribution in [0.25, 0.3) is 0 Å². The zero-order valence-electron chi connectivity index (χ0n) is 36.9. The highest BCUT2D eigenvalue weighted by molar-refractivity contribution is 5.94. The number of nitrogens with zero attached hydrogens (tertiary/aromatic N) is 2. The molecule has 1 aromatic rings. The van der Waals surface area contributed by atoms with Crippen LogP contribution in [0, 0.1) is 11.8 Å². The van der Waals surface area contributed by atoms with E-state index < -0.39 is 144 Å². The van der Waals surface area contributed by atoms with Crippen molar-refractivity contribution in [3.63, 3.8) is 0 Å². The molecule has 0 spiro atoms. The molecule has 0 radical (unpaired) electrons. The normalized spacial score (nSPS) is 28.0. The molecular weight excluding hydrogens is 882 g/mol. The standard InChI is InChI=1S/C38H63N11O17/c1-14(2)19(33(57)58)47-37(61)48-20(16-7-11-43-36(40)44-16)31(56)46-21(23(51)15(3)4)30(55)42-10-6-9-41-22(34(59)60)27(66-35-29(63-5)24(52)17(13-39)64-35)28-25(53)26(54)32(65-28)49-12-8-18(50)45-38(49)62/h8,12,14-17,19-29,32,35,41,51-54H,6-7,9-11,13,39H2,1-5H3,(H,42,55)(H,46,56)(H,57,58)(H,59,60)(H3,40,43,44)(H,45,50,62)(H2,47,48,61)/t16?,17-,19?,20?,21?,22-,23?,24-,25+,26-,27?,28+,29-,32-,35+/m1/s1. The number of aliphatic imine (C=N–C) groups is 1. The van der Waals surface area contributed by atoms with E-state index in [1.165, 1.54) is 7.11 Å². The Hall–Kier alpha value is -5.30. The van der Waals surface area contributed by atoms with Gasteiger partial charge in [0, 0.05) is 39.0 Å². The highest BCUT2D eigenvalue weighted by Gasteiger charge is 2.54. The summed E-state index contributed by atoms with van der Waals surface area (Å²) in [5, 5.41) is 79.5. The van der Waals surface area contributed by atoms with Crippen molar-refractivity contribution in [3.05, 3.63) is 33.1 Å². The molecule has 0 aliphatic carbocycles. The number of guanidine groups is 1. The van der Waals surface area contributed by atoms with Crippen LogP contribution in [-0.2, 0) is 38.1 Å². The molecule has 0 bridgehead atoms. The Bertz CT molecular complexity index is 1990. The van der Waals surface area contributed by atoms with E-state index in [2.05, 4.69) is 36.9 Å². The molecule has 4 amide bonds. The molecule has 28 heteroatoms. The molecule has 6 unspecified atom stereocenters. The summed E-state index contributed by atoms with van der Waals surface area (Å²) >= 11 is 0. The van der Waals surface area contributed by atoms with Crippen LogP contribution in [0.3, 0.4) is 0 Å². The van der Waals surface area contributed by atoms with Crippen LogP contribution >= 0.6 is 0 Å². The van der Waals surface area contributed by atoms with Crippen molar-refractivity contribution >= 4 is 35.7 Å². The summed E-state index contributed by atoms with van der Waals surface area (Å²) in [6, 6.07) is -7.11. The van der Waals surface area contributed by atoms with Gasteiger partial charge in [0.05, 0.1) is 12.1 Å². The highest BCUT2D eigenvalue weighted by Crippen LogP contribution is 2.35. The predicted molar refractivity (Wildman–Crippen MR) is 226 cm³/mol. The van der Waals surface area contributed by atoms with Gasteiger partial charge in [-0.05, 0) is 31.2 Å². The maximum atomic E-state index is 13.9. The minimum atomic E-state index is -1.91. The van der Waals surface area contributed by atoms with Gasteiger partial charge in [-0.15, -0.1) is 0 Å². The fourth-order valence-corrected chi connectivity index (χ4v) is 7.59. The van der Waals surface area contributed by atoms with Gasteiger partial charge in [0.15, 0.2) is 18.5 Å². The Balaban J connectivity index is 1.50. The number of aliphatic hydroxyl groups excluding tert-OH is 4. The number of amides is 4. The van der Waals surface area contributed by atoms with Crippen molar-refractivity contribution in [2.45, 2.75) is 132 Å². The number of hydrogen-bond acceptors (Lipinski definition) is 20. The van der Waals surface area contributed by atoms with E-state index in [-0.39, 0.29) is 45.0 Å². The number of carboxylic acid groups (broad SMARTS) is 2. The number of aliphatic carboxylic acids is 2. The van der Waals surface area contributed by atoms with Gasteiger partial charge in [-0.3, -0.25) is 33.7 Å². The molecule has 4 heterocycles. The minimum absolute atomic E-state index is 0.0169. The van der Waals surface area contributed by atoms with Crippen LogP contribution in [0.4, 0.5) is 4.79 Å². The third kappa shape index (κ3) is 13.2. The number of carbonyl (C=O) groups excluding carboxylic acids is 3. The number of ether oxygens (including phenoxy) is 4. The van der Waals surface area contributed by atoms with Gasteiger partial charge in [0.1, 0.15) is 66.9 Å². The quantitative estimate of drug-likeness (QED) is 0.0453. The molecule has 0 saturated carbocycles. The maximum Gasteiger partial charge on any atom is 0.330 e. The lowest BCUT2D eigenvalue weighted by Gasteiger charge is -2.34. The number of nitrogens with two attached hydrogens (primary N) is 2. The first-order valence-electron chi connectivity index (χ1n) is 21.2. The summed E-state index contributed by atoms with van der Waals surface area (Å²) in [5.41, 5.74) is 9.80. The average Bonchev–Trinajstić information content (AvgIpc) is 3.72. The molecule has 4 rings (SSSR count). The Morgan fingerprint density at radius 2 is 1.61 bits per heavy atom. The molecule has 0 aromatic carbocycles. The fourth-order valence-electron chi connectivity index (χ4n) is 7.59. The molecule has 17 N–H and O–H groups in total. The van der Waals surface area contributed by atoms with Gasteiger partial charge in [-0.1, -0.05) is 27.7 Å². The first-order chi connectivity index (χ1) is 31.1. The molecule has 372 valence electrons. The summed E-state index contributed by atoms with van der Waals surface area (Å²) < 4.78 is 23.8.